The van der Waals surface area contributed by atoms with Crippen LogP contribution < -0.4 is 0 Å². The van der Waals surface area contributed by atoms with E-state index < -0.39 is 0 Å². The largest absolute Gasteiger partial charge is 0.298 e. The van der Waals surface area contributed by atoms with Gasteiger partial charge >= 0.3 is 0 Å². The Balaban J connectivity index is 2.41. The first-order chi connectivity index (χ1) is 8.31. The van der Waals surface area contributed by atoms with Crippen molar-refractivity contribution >= 4 is 6.29 Å². The Morgan fingerprint density at radius 3 is 2.67 bits per heavy atom. The molecule has 18 heavy (non-hydrogen) atoms. The van der Waals surface area contributed by atoms with Crippen molar-refractivity contribution in [3.05, 3.63) is 23.3 Å². The summed E-state index contributed by atoms with van der Waals surface area (Å²) < 4.78 is 0. The number of hydrogen-bond acceptors (Lipinski definition) is 1. The van der Waals surface area contributed by atoms with Crippen molar-refractivity contribution in [2.45, 2.75) is 59.8 Å². The number of carbonyl (C=O) groups excluding carboxylic acids is 1. The summed E-state index contributed by atoms with van der Waals surface area (Å²) in [6.45, 7) is 13.2. The van der Waals surface area contributed by atoms with Crippen LogP contribution in [0.2, 0.25) is 0 Å². The van der Waals surface area contributed by atoms with E-state index in [9.17, 15) is 4.79 Å². The zero-order valence-electron chi connectivity index (χ0n) is 12.3. The van der Waals surface area contributed by atoms with E-state index in [4.69, 9.17) is 0 Å². The van der Waals surface area contributed by atoms with E-state index in [0.29, 0.717) is 11.3 Å². The molecule has 0 aromatic heterocycles. The van der Waals surface area contributed by atoms with Crippen molar-refractivity contribution in [2.75, 3.05) is 0 Å². The third-order valence-electron chi connectivity index (χ3n) is 5.58. The molecular formula is C17H26O. The van der Waals surface area contributed by atoms with Crippen LogP contribution in [0.25, 0.3) is 0 Å². The molecule has 2 aliphatic carbocycles. The maximum Gasteiger partial charge on any atom is 0.146 e. The summed E-state index contributed by atoms with van der Waals surface area (Å²) >= 11 is 0. The Labute approximate surface area is 111 Å². The van der Waals surface area contributed by atoms with Gasteiger partial charge in [-0.25, -0.2) is 0 Å². The lowest BCUT2D eigenvalue weighted by atomic mass is 9.56. The zero-order chi connectivity index (χ0) is 13.6. The van der Waals surface area contributed by atoms with Gasteiger partial charge in [-0.3, -0.25) is 4.79 Å². The average Bonchev–Trinajstić information content (AvgIpc) is 2.30. The molecule has 0 amide bonds. The van der Waals surface area contributed by atoms with Crippen LogP contribution in [-0.2, 0) is 4.79 Å². The molecule has 2 aliphatic rings. The smallest absolute Gasteiger partial charge is 0.146 e. The summed E-state index contributed by atoms with van der Waals surface area (Å²) in [4.78, 5) is 11.2. The van der Waals surface area contributed by atoms with Crippen LogP contribution in [-0.4, -0.2) is 6.29 Å². The van der Waals surface area contributed by atoms with Gasteiger partial charge in [-0.05, 0) is 49.0 Å². The van der Waals surface area contributed by atoms with Crippen LogP contribution in [0.5, 0.6) is 0 Å². The van der Waals surface area contributed by atoms with Gasteiger partial charge in [-0.15, -0.1) is 0 Å². The van der Waals surface area contributed by atoms with Gasteiger partial charge in [-0.2, -0.15) is 0 Å². The highest BCUT2D eigenvalue weighted by Crippen LogP contribution is 2.55. The molecule has 100 valence electrons. The highest BCUT2D eigenvalue weighted by Gasteiger charge is 2.43. The first kappa shape index (κ1) is 13.6. The van der Waals surface area contributed by atoms with Crippen LogP contribution in [0.4, 0.5) is 0 Å². The fraction of sp³-hybridized carbons (Fsp3) is 0.706. The van der Waals surface area contributed by atoms with E-state index in [1.807, 2.05) is 0 Å². The molecule has 2 unspecified atom stereocenters. The number of allylic oxidation sites excluding steroid dienone is 3. The highest BCUT2D eigenvalue weighted by atomic mass is 16.1. The molecule has 2 rings (SSSR count). The van der Waals surface area contributed by atoms with E-state index >= 15 is 0 Å². The third kappa shape index (κ3) is 1.98. The Kier molecular flexibility index (Phi) is 3.29. The maximum absolute atomic E-state index is 11.2. The summed E-state index contributed by atoms with van der Waals surface area (Å²) in [7, 11) is 0. The minimum atomic E-state index is -0.0325. The van der Waals surface area contributed by atoms with Gasteiger partial charge in [0, 0.05) is 5.41 Å². The van der Waals surface area contributed by atoms with E-state index in [-0.39, 0.29) is 5.41 Å². The van der Waals surface area contributed by atoms with Gasteiger partial charge in [0.2, 0.25) is 0 Å². The van der Waals surface area contributed by atoms with Crippen molar-refractivity contribution in [3.63, 3.8) is 0 Å². The summed E-state index contributed by atoms with van der Waals surface area (Å²) in [5, 5.41) is 0. The standard InChI is InChI=1S/C17H26O/c1-12-9-14-7-6-8-16(3,4)15(14)10-17(12,5)13(2)11-18/h11-12H,2,6-10H2,1,3-5H3. The molecule has 0 N–H and O–H groups in total. The Hall–Kier alpha value is -0.850. The van der Waals surface area contributed by atoms with Crippen LogP contribution in [0.15, 0.2) is 23.3 Å². The van der Waals surface area contributed by atoms with Crippen LogP contribution in [0.1, 0.15) is 59.8 Å². The molecule has 0 spiro atoms. The predicted molar refractivity (Wildman–Crippen MR) is 76.4 cm³/mol. The van der Waals surface area contributed by atoms with Crippen molar-refractivity contribution in [2.24, 2.45) is 16.7 Å². The Morgan fingerprint density at radius 2 is 2.06 bits per heavy atom. The number of aldehydes is 1. The van der Waals surface area contributed by atoms with Crippen molar-refractivity contribution in [1.82, 2.24) is 0 Å². The molecule has 1 heteroatoms. The lowest BCUT2D eigenvalue weighted by Crippen LogP contribution is -2.37. The molecule has 0 fully saturated rings. The number of carbonyl (C=O) groups is 1. The van der Waals surface area contributed by atoms with Gasteiger partial charge in [0.25, 0.3) is 0 Å². The molecule has 1 nitrogen and oxygen atoms in total. The minimum Gasteiger partial charge on any atom is -0.298 e. The molecule has 0 aromatic carbocycles. The summed E-state index contributed by atoms with van der Waals surface area (Å²) in [6.07, 6.45) is 7.04. The fourth-order valence-electron chi connectivity index (χ4n) is 3.81. The second-order valence-electron chi connectivity index (χ2n) is 7.16. The van der Waals surface area contributed by atoms with Crippen LogP contribution in [0.3, 0.4) is 0 Å². The molecule has 0 radical (unpaired) electrons. The zero-order valence-corrected chi connectivity index (χ0v) is 12.3. The topological polar surface area (TPSA) is 17.1 Å². The number of rotatable bonds is 2. The summed E-state index contributed by atoms with van der Waals surface area (Å²) in [6, 6.07) is 0. The Morgan fingerprint density at radius 1 is 1.39 bits per heavy atom. The molecule has 0 aromatic rings. The molecule has 0 saturated carbocycles. The fourth-order valence-corrected chi connectivity index (χ4v) is 3.81. The SMILES string of the molecule is C=C(C=O)C1(C)CC2=C(CCCC2(C)C)CC1C. The van der Waals surface area contributed by atoms with Crippen molar-refractivity contribution in [3.8, 4) is 0 Å². The van der Waals surface area contributed by atoms with Crippen molar-refractivity contribution in [1.29, 1.82) is 0 Å². The van der Waals surface area contributed by atoms with Gasteiger partial charge in [0.05, 0.1) is 0 Å². The molecule has 0 aliphatic heterocycles. The Bertz CT molecular complexity index is 413. The highest BCUT2D eigenvalue weighted by molar-refractivity contribution is 5.74. The molecule has 0 saturated heterocycles. The second-order valence-corrected chi connectivity index (χ2v) is 7.16. The van der Waals surface area contributed by atoms with Gasteiger partial charge in [0.1, 0.15) is 6.29 Å². The second kappa shape index (κ2) is 4.36. The number of hydrogen-bond donors (Lipinski definition) is 0. The van der Waals surface area contributed by atoms with E-state index in [1.54, 1.807) is 11.1 Å². The maximum atomic E-state index is 11.2. The molecule has 0 heterocycles. The van der Waals surface area contributed by atoms with E-state index in [0.717, 1.165) is 24.7 Å². The van der Waals surface area contributed by atoms with Crippen LogP contribution in [0, 0.1) is 16.7 Å². The normalized spacial score (nSPS) is 35.0. The van der Waals surface area contributed by atoms with Gasteiger partial charge < -0.3 is 0 Å². The summed E-state index contributed by atoms with van der Waals surface area (Å²) in [5.41, 5.74) is 4.36. The van der Waals surface area contributed by atoms with E-state index in [1.165, 1.54) is 19.3 Å². The molecular weight excluding hydrogens is 220 g/mol. The van der Waals surface area contributed by atoms with Gasteiger partial charge in [-0.1, -0.05) is 45.4 Å². The first-order valence-corrected chi connectivity index (χ1v) is 7.17. The lowest BCUT2D eigenvalue weighted by molar-refractivity contribution is -0.106. The lowest BCUT2D eigenvalue weighted by Gasteiger charge is -2.48. The summed E-state index contributed by atoms with van der Waals surface area (Å²) in [5.74, 6) is 0.530. The molecule has 0 bridgehead atoms. The third-order valence-corrected chi connectivity index (χ3v) is 5.58. The van der Waals surface area contributed by atoms with Crippen molar-refractivity contribution < 1.29 is 4.79 Å². The monoisotopic (exact) mass is 246 g/mol. The van der Waals surface area contributed by atoms with Crippen LogP contribution >= 0.6 is 0 Å². The van der Waals surface area contributed by atoms with Gasteiger partial charge in [0.15, 0.2) is 0 Å². The average molecular weight is 246 g/mol. The quantitative estimate of drug-likeness (QED) is 0.392. The minimum absolute atomic E-state index is 0.0325. The first-order valence-electron chi connectivity index (χ1n) is 7.17. The van der Waals surface area contributed by atoms with E-state index in [2.05, 4.69) is 34.3 Å². The molecule has 2 atom stereocenters. The predicted octanol–water partition coefficient (Wildman–Crippen LogP) is 4.68.